The standard InChI is InChI=1S/C16H20F4N2/c17-13-6-2-5-12(16(18,19)20)14(13)15(11-3-1-4-11)22-9-7-21-8-10-22/h2,5-6,11,15,21H,1,3-4,7-10H2/t15-/m0/s1. The molecular weight excluding hydrogens is 296 g/mol. The Morgan fingerprint density at radius 3 is 2.36 bits per heavy atom. The van der Waals surface area contributed by atoms with Gasteiger partial charge in [0.1, 0.15) is 5.82 Å². The number of piperazine rings is 1. The molecular formula is C16H20F4N2. The Morgan fingerprint density at radius 2 is 1.82 bits per heavy atom. The molecule has 1 aliphatic carbocycles. The van der Waals surface area contributed by atoms with Crippen molar-refractivity contribution in [1.29, 1.82) is 0 Å². The number of hydrogen-bond acceptors (Lipinski definition) is 2. The lowest BCUT2D eigenvalue weighted by atomic mass is 9.75. The molecule has 3 rings (SSSR count). The van der Waals surface area contributed by atoms with Gasteiger partial charge in [0.15, 0.2) is 0 Å². The van der Waals surface area contributed by atoms with E-state index in [0.29, 0.717) is 13.1 Å². The molecule has 2 fully saturated rings. The van der Waals surface area contributed by atoms with Crippen LogP contribution in [-0.2, 0) is 6.18 Å². The van der Waals surface area contributed by atoms with Crippen LogP contribution in [0.2, 0.25) is 0 Å². The highest BCUT2D eigenvalue weighted by atomic mass is 19.4. The van der Waals surface area contributed by atoms with Crippen molar-refractivity contribution in [3.05, 3.63) is 35.1 Å². The highest BCUT2D eigenvalue weighted by Crippen LogP contribution is 2.46. The quantitative estimate of drug-likeness (QED) is 0.857. The summed E-state index contributed by atoms with van der Waals surface area (Å²) in [7, 11) is 0. The zero-order valence-electron chi connectivity index (χ0n) is 12.3. The van der Waals surface area contributed by atoms with Gasteiger partial charge in [0.25, 0.3) is 0 Å². The van der Waals surface area contributed by atoms with Gasteiger partial charge in [-0.3, -0.25) is 4.90 Å². The molecule has 22 heavy (non-hydrogen) atoms. The summed E-state index contributed by atoms with van der Waals surface area (Å²) >= 11 is 0. The first-order valence-electron chi connectivity index (χ1n) is 7.79. The van der Waals surface area contributed by atoms with Crippen LogP contribution in [0.4, 0.5) is 17.6 Å². The minimum Gasteiger partial charge on any atom is -0.314 e. The molecule has 1 aromatic carbocycles. The van der Waals surface area contributed by atoms with Gasteiger partial charge in [0, 0.05) is 37.8 Å². The molecule has 1 aliphatic heterocycles. The Hall–Kier alpha value is -1.14. The van der Waals surface area contributed by atoms with E-state index in [0.717, 1.165) is 50.6 Å². The number of benzene rings is 1. The zero-order valence-corrected chi connectivity index (χ0v) is 12.3. The van der Waals surface area contributed by atoms with Gasteiger partial charge in [0.05, 0.1) is 5.56 Å². The van der Waals surface area contributed by atoms with Crippen LogP contribution in [0, 0.1) is 11.7 Å². The first-order valence-corrected chi connectivity index (χ1v) is 7.79. The molecule has 6 heteroatoms. The van der Waals surface area contributed by atoms with Crippen LogP contribution < -0.4 is 5.32 Å². The van der Waals surface area contributed by atoms with Crippen LogP contribution >= 0.6 is 0 Å². The van der Waals surface area contributed by atoms with E-state index in [9.17, 15) is 17.6 Å². The number of halogens is 4. The lowest BCUT2D eigenvalue weighted by Gasteiger charge is -2.44. The van der Waals surface area contributed by atoms with E-state index in [4.69, 9.17) is 0 Å². The van der Waals surface area contributed by atoms with Gasteiger partial charge >= 0.3 is 6.18 Å². The predicted molar refractivity (Wildman–Crippen MR) is 75.9 cm³/mol. The van der Waals surface area contributed by atoms with Crippen molar-refractivity contribution >= 4 is 0 Å². The highest BCUT2D eigenvalue weighted by molar-refractivity contribution is 5.35. The average Bonchev–Trinajstić information content (AvgIpc) is 2.43. The minimum absolute atomic E-state index is 0.121. The van der Waals surface area contributed by atoms with Crippen LogP contribution in [0.25, 0.3) is 0 Å². The summed E-state index contributed by atoms with van der Waals surface area (Å²) in [6.07, 6.45) is -1.75. The molecule has 0 radical (unpaired) electrons. The van der Waals surface area contributed by atoms with Crippen LogP contribution in [0.5, 0.6) is 0 Å². The van der Waals surface area contributed by atoms with Gasteiger partial charge in [-0.2, -0.15) is 13.2 Å². The smallest absolute Gasteiger partial charge is 0.314 e. The van der Waals surface area contributed by atoms with Crippen LogP contribution in [0.1, 0.15) is 36.4 Å². The third-order valence-electron chi connectivity index (χ3n) is 4.80. The summed E-state index contributed by atoms with van der Waals surface area (Å²) in [6.45, 7) is 2.79. The van der Waals surface area contributed by atoms with Gasteiger partial charge in [0.2, 0.25) is 0 Å². The van der Waals surface area contributed by atoms with Crippen LogP contribution in [0.15, 0.2) is 18.2 Å². The normalized spacial score (nSPS) is 22.4. The Balaban J connectivity index is 2.03. The molecule has 1 atom stereocenters. The predicted octanol–water partition coefficient (Wildman–Crippen LogP) is 3.59. The van der Waals surface area contributed by atoms with Crippen molar-refractivity contribution in [3.63, 3.8) is 0 Å². The summed E-state index contributed by atoms with van der Waals surface area (Å²) in [5.74, 6) is -0.610. The van der Waals surface area contributed by atoms with Gasteiger partial charge in [-0.05, 0) is 30.9 Å². The first-order chi connectivity index (χ1) is 10.5. The molecule has 0 amide bonds. The van der Waals surface area contributed by atoms with Crippen molar-refractivity contribution in [2.24, 2.45) is 5.92 Å². The molecule has 1 aromatic rings. The maximum absolute atomic E-state index is 14.4. The van der Waals surface area contributed by atoms with Crippen molar-refractivity contribution in [2.75, 3.05) is 26.2 Å². The van der Waals surface area contributed by atoms with E-state index >= 15 is 0 Å². The Bertz CT molecular complexity index is 519. The third kappa shape index (κ3) is 2.99. The molecule has 0 bridgehead atoms. The second kappa shape index (κ2) is 6.16. The van der Waals surface area contributed by atoms with Crippen molar-refractivity contribution in [2.45, 2.75) is 31.5 Å². The van der Waals surface area contributed by atoms with Gasteiger partial charge in [-0.1, -0.05) is 12.5 Å². The van der Waals surface area contributed by atoms with Gasteiger partial charge < -0.3 is 5.32 Å². The highest BCUT2D eigenvalue weighted by Gasteiger charge is 2.42. The van der Waals surface area contributed by atoms with Crippen molar-refractivity contribution in [3.8, 4) is 0 Å². The van der Waals surface area contributed by atoms with E-state index in [-0.39, 0.29) is 11.5 Å². The number of hydrogen-bond donors (Lipinski definition) is 1. The Labute approximate surface area is 127 Å². The summed E-state index contributed by atoms with van der Waals surface area (Å²) in [6, 6.07) is 2.84. The van der Waals surface area contributed by atoms with Crippen LogP contribution in [-0.4, -0.2) is 31.1 Å². The Morgan fingerprint density at radius 1 is 1.14 bits per heavy atom. The average molecular weight is 316 g/mol. The lowest BCUT2D eigenvalue weighted by Crippen LogP contribution is -2.48. The summed E-state index contributed by atoms with van der Waals surface area (Å²) < 4.78 is 54.4. The molecule has 0 unspecified atom stereocenters. The van der Waals surface area contributed by atoms with E-state index in [2.05, 4.69) is 5.32 Å². The van der Waals surface area contributed by atoms with Gasteiger partial charge in [-0.25, -0.2) is 4.39 Å². The lowest BCUT2D eigenvalue weighted by molar-refractivity contribution is -0.139. The maximum atomic E-state index is 14.4. The fourth-order valence-electron chi connectivity index (χ4n) is 3.52. The number of alkyl halides is 3. The number of nitrogens with zero attached hydrogens (tertiary/aromatic N) is 1. The molecule has 1 N–H and O–H groups in total. The van der Waals surface area contributed by atoms with E-state index in [1.807, 2.05) is 4.90 Å². The summed E-state index contributed by atoms with van der Waals surface area (Å²) in [5, 5.41) is 3.20. The maximum Gasteiger partial charge on any atom is 0.416 e. The molecule has 1 saturated carbocycles. The SMILES string of the molecule is Fc1cccc(C(F)(F)F)c1[C@H](C1CCC1)N1CCNCC1. The molecule has 1 heterocycles. The zero-order chi connectivity index (χ0) is 15.7. The fraction of sp³-hybridized carbons (Fsp3) is 0.625. The van der Waals surface area contributed by atoms with E-state index < -0.39 is 23.6 Å². The van der Waals surface area contributed by atoms with Gasteiger partial charge in [-0.15, -0.1) is 0 Å². The number of nitrogens with one attached hydrogen (secondary N) is 1. The van der Waals surface area contributed by atoms with Crippen molar-refractivity contribution in [1.82, 2.24) is 10.2 Å². The fourth-order valence-corrected chi connectivity index (χ4v) is 3.52. The Kier molecular flexibility index (Phi) is 4.41. The van der Waals surface area contributed by atoms with Crippen molar-refractivity contribution < 1.29 is 17.6 Å². The molecule has 0 spiro atoms. The van der Waals surface area contributed by atoms with E-state index in [1.165, 1.54) is 0 Å². The second-order valence-corrected chi connectivity index (χ2v) is 6.12. The molecule has 0 aromatic heterocycles. The summed E-state index contributed by atoms with van der Waals surface area (Å²) in [4.78, 5) is 2.02. The third-order valence-corrected chi connectivity index (χ3v) is 4.80. The minimum atomic E-state index is -4.52. The second-order valence-electron chi connectivity index (χ2n) is 6.12. The molecule has 2 nitrogen and oxygen atoms in total. The van der Waals surface area contributed by atoms with Crippen LogP contribution in [0.3, 0.4) is 0 Å². The first kappa shape index (κ1) is 15.7. The number of rotatable bonds is 3. The molecule has 1 saturated heterocycles. The van der Waals surface area contributed by atoms with E-state index in [1.54, 1.807) is 0 Å². The monoisotopic (exact) mass is 316 g/mol. The molecule has 122 valence electrons. The largest absolute Gasteiger partial charge is 0.416 e. The topological polar surface area (TPSA) is 15.3 Å². The summed E-state index contributed by atoms with van der Waals surface area (Å²) in [5.41, 5.74) is -0.968. The molecule has 2 aliphatic rings.